The summed E-state index contributed by atoms with van der Waals surface area (Å²) in [5.41, 5.74) is 2.17. The van der Waals surface area contributed by atoms with Gasteiger partial charge in [0, 0.05) is 13.0 Å². The summed E-state index contributed by atoms with van der Waals surface area (Å²) in [6.45, 7) is -0.0333. The lowest BCUT2D eigenvalue weighted by atomic mass is 10.1. The van der Waals surface area contributed by atoms with Crippen molar-refractivity contribution < 1.29 is 25.2 Å². The molecule has 0 radical (unpaired) electrons. The van der Waals surface area contributed by atoms with E-state index in [9.17, 15) is 15.3 Å². The lowest BCUT2D eigenvalue weighted by Gasteiger charge is -2.22. The van der Waals surface area contributed by atoms with Gasteiger partial charge in [-0.3, -0.25) is 0 Å². The summed E-state index contributed by atoms with van der Waals surface area (Å²) in [7, 11) is 0. The molecule has 1 aliphatic heterocycles. The first-order chi connectivity index (χ1) is 10.1. The minimum Gasteiger partial charge on any atom is -0.394 e. The van der Waals surface area contributed by atoms with E-state index in [4.69, 9.17) is 9.84 Å². The van der Waals surface area contributed by atoms with Crippen molar-refractivity contribution in [1.29, 1.82) is 0 Å². The molecule has 0 unspecified atom stereocenters. The number of benzene rings is 1. The summed E-state index contributed by atoms with van der Waals surface area (Å²) in [4.78, 5) is 0. The standard InChI is InChI=1S/C15H21NO5/c17-7-12-15(20)14(19)11(21-12)6-16-13-9-4-2-1-3-8(9)5-10(13)18/h1-4,10-20H,5-7H2/t10-,11-,12-,13+,14-,15-/m1/s1. The van der Waals surface area contributed by atoms with Crippen LogP contribution < -0.4 is 5.32 Å². The monoisotopic (exact) mass is 295 g/mol. The molecule has 1 aliphatic carbocycles. The van der Waals surface area contributed by atoms with Crippen LogP contribution in [0.15, 0.2) is 24.3 Å². The lowest BCUT2D eigenvalue weighted by molar-refractivity contribution is -0.0229. The van der Waals surface area contributed by atoms with Gasteiger partial charge in [-0.1, -0.05) is 24.3 Å². The van der Waals surface area contributed by atoms with E-state index in [1.54, 1.807) is 0 Å². The lowest BCUT2D eigenvalue weighted by Crippen LogP contribution is -2.40. The van der Waals surface area contributed by atoms with Crippen molar-refractivity contribution in [3.8, 4) is 0 Å². The summed E-state index contributed by atoms with van der Waals surface area (Å²) in [6, 6.07) is 7.63. The van der Waals surface area contributed by atoms with Crippen molar-refractivity contribution in [2.75, 3.05) is 13.2 Å². The highest BCUT2D eigenvalue weighted by atomic mass is 16.6. The Morgan fingerprint density at radius 1 is 1.10 bits per heavy atom. The second-order valence-electron chi connectivity index (χ2n) is 5.73. The van der Waals surface area contributed by atoms with E-state index >= 15 is 0 Å². The zero-order valence-electron chi connectivity index (χ0n) is 11.6. The maximum atomic E-state index is 10.1. The van der Waals surface area contributed by atoms with Crippen LogP contribution in [-0.2, 0) is 11.2 Å². The number of hydrogen-bond acceptors (Lipinski definition) is 6. The zero-order chi connectivity index (χ0) is 15.0. The highest BCUT2D eigenvalue weighted by Crippen LogP contribution is 2.31. The smallest absolute Gasteiger partial charge is 0.111 e. The van der Waals surface area contributed by atoms with E-state index < -0.39 is 30.5 Å². The van der Waals surface area contributed by atoms with Crippen LogP contribution in [0.4, 0.5) is 0 Å². The van der Waals surface area contributed by atoms with Crippen LogP contribution in [0.2, 0.25) is 0 Å². The van der Waals surface area contributed by atoms with E-state index in [1.807, 2.05) is 24.3 Å². The minimum atomic E-state index is -1.08. The Bertz CT molecular complexity index is 497. The molecule has 1 aromatic rings. The van der Waals surface area contributed by atoms with Crippen LogP contribution in [0.5, 0.6) is 0 Å². The Hall–Kier alpha value is -1.02. The van der Waals surface area contributed by atoms with E-state index in [0.717, 1.165) is 11.1 Å². The molecule has 6 nitrogen and oxygen atoms in total. The van der Waals surface area contributed by atoms with Gasteiger partial charge >= 0.3 is 0 Å². The quantitative estimate of drug-likeness (QED) is 0.474. The Morgan fingerprint density at radius 2 is 1.81 bits per heavy atom. The average molecular weight is 295 g/mol. The molecule has 2 aliphatic rings. The number of aliphatic hydroxyl groups excluding tert-OH is 4. The molecule has 0 saturated carbocycles. The zero-order valence-corrected chi connectivity index (χ0v) is 11.6. The van der Waals surface area contributed by atoms with Crippen molar-refractivity contribution in [1.82, 2.24) is 5.32 Å². The molecular formula is C15H21NO5. The normalized spacial score (nSPS) is 38.7. The van der Waals surface area contributed by atoms with Gasteiger partial charge in [-0.05, 0) is 11.1 Å². The third-order valence-corrected chi connectivity index (χ3v) is 4.38. The van der Waals surface area contributed by atoms with Crippen molar-refractivity contribution in [2.24, 2.45) is 0 Å². The van der Waals surface area contributed by atoms with Gasteiger partial charge in [-0.15, -0.1) is 0 Å². The van der Waals surface area contributed by atoms with E-state index in [-0.39, 0.29) is 12.6 Å². The largest absolute Gasteiger partial charge is 0.394 e. The molecular weight excluding hydrogens is 274 g/mol. The molecule has 116 valence electrons. The molecule has 1 heterocycles. The summed E-state index contributed by atoms with van der Waals surface area (Å²) in [5, 5.41) is 42.0. The van der Waals surface area contributed by atoms with Crippen LogP contribution in [0.3, 0.4) is 0 Å². The van der Waals surface area contributed by atoms with Gasteiger partial charge in [-0.25, -0.2) is 0 Å². The van der Waals surface area contributed by atoms with Crippen LogP contribution in [0, 0.1) is 0 Å². The fraction of sp³-hybridized carbons (Fsp3) is 0.600. The van der Waals surface area contributed by atoms with Gasteiger partial charge in [-0.2, -0.15) is 0 Å². The van der Waals surface area contributed by atoms with Gasteiger partial charge in [0.05, 0.1) is 24.9 Å². The fourth-order valence-electron chi connectivity index (χ4n) is 3.21. The summed E-state index contributed by atoms with van der Waals surface area (Å²) in [5.74, 6) is 0. The SMILES string of the molecule is OC[C@H]1O[C@H](CN[C@H]2c3ccccc3C[C@H]2O)[C@@H](O)[C@@H]1O. The highest BCUT2D eigenvalue weighted by Gasteiger charge is 2.42. The minimum absolute atomic E-state index is 0.206. The number of fused-ring (bicyclic) bond motifs is 1. The number of hydrogen-bond donors (Lipinski definition) is 5. The number of rotatable bonds is 4. The van der Waals surface area contributed by atoms with Gasteiger partial charge < -0.3 is 30.5 Å². The Morgan fingerprint density at radius 3 is 2.52 bits per heavy atom. The maximum absolute atomic E-state index is 10.1. The molecule has 6 heteroatoms. The topological polar surface area (TPSA) is 102 Å². The molecule has 1 fully saturated rings. The summed E-state index contributed by atoms with van der Waals surface area (Å²) >= 11 is 0. The number of aliphatic hydroxyl groups is 4. The molecule has 1 aromatic carbocycles. The first-order valence-corrected chi connectivity index (χ1v) is 7.23. The summed E-state index contributed by atoms with van der Waals surface area (Å²) < 4.78 is 5.42. The Labute approximate surface area is 123 Å². The highest BCUT2D eigenvalue weighted by molar-refractivity contribution is 5.36. The molecule has 0 amide bonds. The molecule has 5 N–H and O–H groups in total. The van der Waals surface area contributed by atoms with Crippen LogP contribution in [0.1, 0.15) is 17.2 Å². The van der Waals surface area contributed by atoms with E-state index in [2.05, 4.69) is 5.32 Å². The predicted molar refractivity (Wildman–Crippen MR) is 74.7 cm³/mol. The second kappa shape index (κ2) is 6.00. The molecule has 0 aromatic heterocycles. The molecule has 0 bridgehead atoms. The van der Waals surface area contributed by atoms with Gasteiger partial charge in [0.1, 0.15) is 18.3 Å². The first-order valence-electron chi connectivity index (χ1n) is 7.23. The Kier molecular flexibility index (Phi) is 4.26. The van der Waals surface area contributed by atoms with Gasteiger partial charge in [0.2, 0.25) is 0 Å². The number of nitrogens with one attached hydrogen (secondary N) is 1. The van der Waals surface area contributed by atoms with Crippen molar-refractivity contribution in [3.63, 3.8) is 0 Å². The average Bonchev–Trinajstić information content (AvgIpc) is 2.95. The van der Waals surface area contributed by atoms with Crippen LogP contribution >= 0.6 is 0 Å². The molecule has 6 atom stereocenters. The first kappa shape index (κ1) is 14.9. The van der Waals surface area contributed by atoms with Crippen molar-refractivity contribution >= 4 is 0 Å². The van der Waals surface area contributed by atoms with Crippen LogP contribution in [-0.4, -0.2) is 64.1 Å². The maximum Gasteiger partial charge on any atom is 0.111 e. The van der Waals surface area contributed by atoms with E-state index in [1.165, 1.54) is 0 Å². The third-order valence-electron chi connectivity index (χ3n) is 4.38. The van der Waals surface area contributed by atoms with Gasteiger partial charge in [0.15, 0.2) is 0 Å². The molecule has 21 heavy (non-hydrogen) atoms. The van der Waals surface area contributed by atoms with Crippen molar-refractivity contribution in [3.05, 3.63) is 35.4 Å². The number of ether oxygens (including phenoxy) is 1. The van der Waals surface area contributed by atoms with E-state index in [0.29, 0.717) is 13.0 Å². The Balaban J connectivity index is 1.63. The predicted octanol–water partition coefficient (Wildman–Crippen LogP) is -1.28. The van der Waals surface area contributed by atoms with Gasteiger partial charge in [0.25, 0.3) is 0 Å². The molecule has 0 spiro atoms. The van der Waals surface area contributed by atoms with Crippen LogP contribution in [0.25, 0.3) is 0 Å². The molecule has 3 rings (SSSR count). The molecule has 1 saturated heterocycles. The third kappa shape index (κ3) is 2.70. The van der Waals surface area contributed by atoms with Crippen molar-refractivity contribution in [2.45, 2.75) is 43.0 Å². The fourth-order valence-corrected chi connectivity index (χ4v) is 3.21. The summed E-state index contributed by atoms with van der Waals surface area (Å²) in [6.07, 6.45) is -3.39. The second-order valence-corrected chi connectivity index (χ2v) is 5.73.